The van der Waals surface area contributed by atoms with Gasteiger partial charge in [-0.15, -0.1) is 0 Å². The van der Waals surface area contributed by atoms with Crippen molar-refractivity contribution in [2.45, 2.75) is 51.7 Å². The van der Waals surface area contributed by atoms with Crippen molar-refractivity contribution >= 4 is 21.4 Å². The Kier molecular flexibility index (Phi) is 4.56. The maximum Gasteiger partial charge on any atom is 0.232 e. The Hall–Kier alpha value is -1.27. The normalized spacial score (nSPS) is 25.5. The lowest BCUT2D eigenvalue weighted by molar-refractivity contribution is -0.157. The minimum atomic E-state index is -3.22. The van der Waals surface area contributed by atoms with Gasteiger partial charge in [0, 0.05) is 29.4 Å². The molecule has 0 bridgehead atoms. The van der Waals surface area contributed by atoms with Crippen molar-refractivity contribution in [2.24, 2.45) is 5.41 Å². The first-order chi connectivity index (χ1) is 11.0. The van der Waals surface area contributed by atoms with Crippen LogP contribution in [0.3, 0.4) is 0 Å². The van der Waals surface area contributed by atoms with Crippen molar-refractivity contribution in [1.29, 1.82) is 0 Å². The van der Waals surface area contributed by atoms with Gasteiger partial charge in [-0.2, -0.15) is 0 Å². The van der Waals surface area contributed by atoms with E-state index in [4.69, 9.17) is 4.74 Å². The molecule has 0 unspecified atom stereocenters. The van der Waals surface area contributed by atoms with Gasteiger partial charge in [-0.25, -0.2) is 8.42 Å². The number of rotatable bonds is 7. The second-order valence-corrected chi connectivity index (χ2v) is 8.56. The van der Waals surface area contributed by atoms with Crippen molar-refractivity contribution < 1.29 is 13.2 Å². The summed E-state index contributed by atoms with van der Waals surface area (Å²) in [7, 11) is -3.22. The third kappa shape index (κ3) is 3.19. The molecule has 1 aromatic carbocycles. The predicted octanol–water partition coefficient (Wildman–Crippen LogP) is 3.21. The van der Waals surface area contributed by atoms with Gasteiger partial charge in [-0.3, -0.25) is 4.72 Å². The molecule has 1 spiro atoms. The van der Waals surface area contributed by atoms with Crippen LogP contribution in [0, 0.1) is 5.41 Å². The minimum absolute atomic E-state index is 0.0798. The van der Waals surface area contributed by atoms with E-state index in [-0.39, 0.29) is 5.75 Å². The Morgan fingerprint density at radius 2 is 1.83 bits per heavy atom. The molecule has 3 rings (SSSR count). The molecule has 0 heterocycles. The van der Waals surface area contributed by atoms with Crippen molar-refractivity contribution in [1.82, 2.24) is 0 Å². The van der Waals surface area contributed by atoms with Gasteiger partial charge in [0.15, 0.2) is 0 Å². The number of hydrogen-bond acceptors (Lipinski definition) is 4. The lowest BCUT2D eigenvalue weighted by Crippen LogP contribution is -2.64. The molecule has 23 heavy (non-hydrogen) atoms. The number of benzene rings is 1. The molecule has 5 nitrogen and oxygen atoms in total. The predicted molar refractivity (Wildman–Crippen MR) is 93.3 cm³/mol. The van der Waals surface area contributed by atoms with E-state index < -0.39 is 10.0 Å². The van der Waals surface area contributed by atoms with Gasteiger partial charge in [0.1, 0.15) is 0 Å². The minimum Gasteiger partial charge on any atom is -0.382 e. The zero-order valence-corrected chi connectivity index (χ0v) is 14.7. The molecule has 2 atom stereocenters. The van der Waals surface area contributed by atoms with Crippen LogP contribution in [0.5, 0.6) is 0 Å². The number of nitrogens with one attached hydrogen (secondary N) is 2. The first kappa shape index (κ1) is 16.6. The fraction of sp³-hybridized carbons (Fsp3) is 0.647. The van der Waals surface area contributed by atoms with Gasteiger partial charge >= 0.3 is 0 Å². The van der Waals surface area contributed by atoms with E-state index in [9.17, 15) is 8.42 Å². The number of anilines is 2. The molecule has 0 amide bonds. The molecule has 2 aliphatic rings. The largest absolute Gasteiger partial charge is 0.382 e. The van der Waals surface area contributed by atoms with Gasteiger partial charge in [0.25, 0.3) is 0 Å². The second kappa shape index (κ2) is 6.32. The lowest BCUT2D eigenvalue weighted by atomic mass is 9.51. The molecule has 128 valence electrons. The van der Waals surface area contributed by atoms with E-state index in [0.717, 1.165) is 18.7 Å². The van der Waals surface area contributed by atoms with Crippen LogP contribution in [-0.2, 0) is 14.8 Å². The topological polar surface area (TPSA) is 67.4 Å². The van der Waals surface area contributed by atoms with Crippen LogP contribution in [0.4, 0.5) is 11.4 Å². The van der Waals surface area contributed by atoms with E-state index in [2.05, 4.69) is 17.0 Å². The van der Waals surface area contributed by atoms with E-state index in [1.165, 1.54) is 19.3 Å². The molecule has 2 fully saturated rings. The zero-order chi connectivity index (χ0) is 16.5. The Labute approximate surface area is 138 Å². The van der Waals surface area contributed by atoms with Gasteiger partial charge in [-0.05, 0) is 57.4 Å². The quantitative estimate of drug-likeness (QED) is 0.801. The molecule has 2 aliphatic carbocycles. The fourth-order valence-corrected chi connectivity index (χ4v) is 4.37. The molecule has 0 aliphatic heterocycles. The van der Waals surface area contributed by atoms with Crippen LogP contribution >= 0.6 is 0 Å². The molecular formula is C17H26N2O3S. The monoisotopic (exact) mass is 338 g/mol. The summed E-state index contributed by atoms with van der Waals surface area (Å²) in [5.41, 5.74) is 1.96. The standard InChI is InChI=1S/C17H26N2O3S/c1-3-22-16-12-15(17(16)10-5-11-17)18-13-6-8-14(9-7-13)19-23(20,21)4-2/h6-9,15-16,18-19H,3-5,10-12H2,1-2H3/t15-,16-/m1/s1. The zero-order valence-electron chi connectivity index (χ0n) is 13.8. The van der Waals surface area contributed by atoms with E-state index in [0.29, 0.717) is 23.2 Å². The number of sulfonamides is 1. The highest BCUT2D eigenvalue weighted by atomic mass is 32.2. The maximum atomic E-state index is 11.6. The van der Waals surface area contributed by atoms with Crippen LogP contribution in [0.2, 0.25) is 0 Å². The summed E-state index contributed by atoms with van der Waals surface area (Å²) in [5, 5.41) is 3.61. The third-order valence-electron chi connectivity index (χ3n) is 5.32. The van der Waals surface area contributed by atoms with Gasteiger partial charge in [-0.1, -0.05) is 6.42 Å². The second-order valence-electron chi connectivity index (χ2n) is 6.55. The summed E-state index contributed by atoms with van der Waals surface area (Å²) in [4.78, 5) is 0. The average molecular weight is 338 g/mol. The van der Waals surface area contributed by atoms with Gasteiger partial charge in [0.05, 0.1) is 11.9 Å². The smallest absolute Gasteiger partial charge is 0.232 e. The Balaban J connectivity index is 1.61. The molecular weight excluding hydrogens is 312 g/mol. The highest BCUT2D eigenvalue weighted by Crippen LogP contribution is 2.58. The summed E-state index contributed by atoms with van der Waals surface area (Å²) in [6.45, 7) is 4.47. The van der Waals surface area contributed by atoms with E-state index in [1.807, 2.05) is 24.3 Å². The number of ether oxygens (including phenoxy) is 1. The molecule has 1 aromatic rings. The highest BCUT2D eigenvalue weighted by molar-refractivity contribution is 7.92. The van der Waals surface area contributed by atoms with Gasteiger partial charge < -0.3 is 10.1 Å². The summed E-state index contributed by atoms with van der Waals surface area (Å²) in [6.07, 6.45) is 5.22. The maximum absolute atomic E-state index is 11.6. The summed E-state index contributed by atoms with van der Waals surface area (Å²) in [6, 6.07) is 7.96. The molecule has 6 heteroatoms. The molecule has 2 N–H and O–H groups in total. The molecule has 0 radical (unpaired) electrons. The Morgan fingerprint density at radius 3 is 2.35 bits per heavy atom. The van der Waals surface area contributed by atoms with Crippen LogP contribution in [0.1, 0.15) is 39.5 Å². The summed E-state index contributed by atoms with van der Waals surface area (Å²) >= 11 is 0. The Bertz CT molecular complexity index is 638. The first-order valence-electron chi connectivity index (χ1n) is 8.48. The van der Waals surface area contributed by atoms with Gasteiger partial charge in [0.2, 0.25) is 10.0 Å². The van der Waals surface area contributed by atoms with Crippen molar-refractivity contribution in [3.05, 3.63) is 24.3 Å². The fourth-order valence-electron chi connectivity index (χ4n) is 3.73. The highest BCUT2D eigenvalue weighted by Gasteiger charge is 2.58. The SMILES string of the molecule is CCO[C@@H]1C[C@@H](Nc2ccc(NS(=O)(=O)CC)cc2)C12CCC2. The summed E-state index contributed by atoms with van der Waals surface area (Å²) in [5.74, 6) is 0.0798. The van der Waals surface area contributed by atoms with Crippen molar-refractivity contribution in [3.63, 3.8) is 0 Å². The van der Waals surface area contributed by atoms with Crippen LogP contribution in [0.15, 0.2) is 24.3 Å². The van der Waals surface area contributed by atoms with Crippen molar-refractivity contribution in [2.75, 3.05) is 22.4 Å². The van der Waals surface area contributed by atoms with Crippen molar-refractivity contribution in [3.8, 4) is 0 Å². The first-order valence-corrected chi connectivity index (χ1v) is 10.1. The summed E-state index contributed by atoms with van der Waals surface area (Å²) < 4.78 is 31.6. The average Bonchev–Trinajstić information content (AvgIpc) is 2.46. The molecule has 2 saturated carbocycles. The lowest BCUT2D eigenvalue weighted by Gasteiger charge is -2.61. The van der Waals surface area contributed by atoms with E-state index in [1.54, 1.807) is 6.92 Å². The Morgan fingerprint density at radius 1 is 1.17 bits per heavy atom. The molecule has 0 saturated heterocycles. The molecule has 0 aromatic heterocycles. The number of hydrogen-bond donors (Lipinski definition) is 2. The van der Waals surface area contributed by atoms with Crippen LogP contribution in [0.25, 0.3) is 0 Å². The van der Waals surface area contributed by atoms with Crippen LogP contribution in [-0.4, -0.2) is 32.9 Å². The third-order valence-corrected chi connectivity index (χ3v) is 6.62. The van der Waals surface area contributed by atoms with E-state index >= 15 is 0 Å². The van der Waals surface area contributed by atoms with Crippen LogP contribution < -0.4 is 10.0 Å².